The molecule has 3 nitrogen and oxygen atoms in total. The van der Waals surface area contributed by atoms with Crippen LogP contribution in [0.3, 0.4) is 0 Å². The summed E-state index contributed by atoms with van der Waals surface area (Å²) >= 11 is 0. The minimum atomic E-state index is -0.465. The van der Waals surface area contributed by atoms with Crippen LogP contribution >= 0.6 is 0 Å². The predicted molar refractivity (Wildman–Crippen MR) is 108 cm³/mol. The van der Waals surface area contributed by atoms with E-state index in [-0.39, 0.29) is 6.04 Å². The number of carbonyl (C=O) groups is 1. The standard InChI is InChI=1S/C24H24N2O/c27-19-26-17-16-23(18-26)25-24(20-10-4-1-5-11-20,21-12-6-2-7-13-21)22-14-8-3-9-15-22/h1-15,19,23,25H,16-18H2. The lowest BCUT2D eigenvalue weighted by Crippen LogP contribution is -2.50. The molecule has 136 valence electrons. The summed E-state index contributed by atoms with van der Waals surface area (Å²) < 4.78 is 0. The molecule has 1 amide bonds. The third kappa shape index (κ3) is 3.38. The molecule has 1 fully saturated rings. The lowest BCUT2D eigenvalue weighted by atomic mass is 9.76. The van der Waals surface area contributed by atoms with Crippen molar-refractivity contribution in [2.75, 3.05) is 13.1 Å². The Labute approximate surface area is 160 Å². The minimum absolute atomic E-state index is 0.232. The fraction of sp³-hybridized carbons (Fsp3) is 0.208. The molecule has 0 radical (unpaired) electrons. The van der Waals surface area contributed by atoms with Crippen molar-refractivity contribution >= 4 is 6.41 Å². The SMILES string of the molecule is O=CN1CCC(NC(c2ccccc2)(c2ccccc2)c2ccccc2)C1. The Morgan fingerprint density at radius 3 is 1.59 bits per heavy atom. The summed E-state index contributed by atoms with van der Waals surface area (Å²) in [5.74, 6) is 0. The highest BCUT2D eigenvalue weighted by molar-refractivity contribution is 5.50. The highest BCUT2D eigenvalue weighted by Gasteiger charge is 2.39. The molecule has 3 aromatic carbocycles. The third-order valence-corrected chi connectivity index (χ3v) is 5.41. The Morgan fingerprint density at radius 1 is 0.778 bits per heavy atom. The number of amides is 1. The minimum Gasteiger partial charge on any atom is -0.344 e. The maximum atomic E-state index is 11.2. The van der Waals surface area contributed by atoms with Crippen LogP contribution in [0.4, 0.5) is 0 Å². The van der Waals surface area contributed by atoms with Gasteiger partial charge in [-0.3, -0.25) is 10.1 Å². The second-order valence-corrected chi connectivity index (χ2v) is 7.08. The molecule has 0 spiro atoms. The molecule has 0 aromatic heterocycles. The summed E-state index contributed by atoms with van der Waals surface area (Å²) in [7, 11) is 0. The zero-order valence-electron chi connectivity index (χ0n) is 15.3. The van der Waals surface area contributed by atoms with Gasteiger partial charge in [0.25, 0.3) is 0 Å². The highest BCUT2D eigenvalue weighted by Crippen LogP contribution is 2.37. The Hall–Kier alpha value is -2.91. The van der Waals surface area contributed by atoms with Crippen molar-refractivity contribution in [3.63, 3.8) is 0 Å². The number of nitrogens with zero attached hydrogens (tertiary/aromatic N) is 1. The molecule has 1 N–H and O–H groups in total. The normalized spacial score (nSPS) is 17.0. The van der Waals surface area contributed by atoms with E-state index in [9.17, 15) is 4.79 Å². The van der Waals surface area contributed by atoms with Gasteiger partial charge in [0.1, 0.15) is 0 Å². The van der Waals surface area contributed by atoms with Gasteiger partial charge in [-0.2, -0.15) is 0 Å². The topological polar surface area (TPSA) is 32.3 Å². The van der Waals surface area contributed by atoms with Crippen LogP contribution in [0, 0.1) is 0 Å². The van der Waals surface area contributed by atoms with Crippen LogP contribution in [0.25, 0.3) is 0 Å². The van der Waals surface area contributed by atoms with Gasteiger partial charge in [0.15, 0.2) is 0 Å². The van der Waals surface area contributed by atoms with Gasteiger partial charge in [0.05, 0.1) is 5.54 Å². The van der Waals surface area contributed by atoms with E-state index >= 15 is 0 Å². The molecule has 3 heteroatoms. The van der Waals surface area contributed by atoms with Gasteiger partial charge < -0.3 is 4.90 Å². The van der Waals surface area contributed by atoms with Crippen molar-refractivity contribution in [3.05, 3.63) is 108 Å². The van der Waals surface area contributed by atoms with Crippen LogP contribution in [-0.4, -0.2) is 30.4 Å². The zero-order valence-corrected chi connectivity index (χ0v) is 15.3. The van der Waals surface area contributed by atoms with Crippen LogP contribution in [0.1, 0.15) is 23.1 Å². The molecule has 4 rings (SSSR count). The number of nitrogens with one attached hydrogen (secondary N) is 1. The fourth-order valence-electron chi connectivity index (χ4n) is 4.12. The highest BCUT2D eigenvalue weighted by atomic mass is 16.1. The van der Waals surface area contributed by atoms with E-state index in [1.165, 1.54) is 16.7 Å². The lowest BCUT2D eigenvalue weighted by Gasteiger charge is -2.39. The van der Waals surface area contributed by atoms with E-state index in [0.717, 1.165) is 25.9 Å². The predicted octanol–water partition coefficient (Wildman–Crippen LogP) is 3.80. The molecule has 1 unspecified atom stereocenters. The van der Waals surface area contributed by atoms with E-state index in [0.29, 0.717) is 0 Å². The quantitative estimate of drug-likeness (QED) is 0.538. The van der Waals surface area contributed by atoms with Crippen molar-refractivity contribution in [1.29, 1.82) is 0 Å². The van der Waals surface area contributed by atoms with Crippen molar-refractivity contribution in [2.45, 2.75) is 18.0 Å². The molecule has 1 aliphatic rings. The summed E-state index contributed by atoms with van der Waals surface area (Å²) in [6, 6.07) is 32.0. The van der Waals surface area contributed by atoms with Crippen LogP contribution < -0.4 is 5.32 Å². The molecule has 1 heterocycles. The smallest absolute Gasteiger partial charge is 0.209 e. The molecular formula is C24H24N2O. The number of hydrogen-bond acceptors (Lipinski definition) is 2. The first-order valence-corrected chi connectivity index (χ1v) is 9.46. The number of hydrogen-bond donors (Lipinski definition) is 1. The number of benzene rings is 3. The first kappa shape index (κ1) is 17.5. The summed E-state index contributed by atoms with van der Waals surface area (Å²) in [5.41, 5.74) is 3.14. The summed E-state index contributed by atoms with van der Waals surface area (Å²) in [6.45, 7) is 1.54. The van der Waals surface area contributed by atoms with Crippen LogP contribution in [0.2, 0.25) is 0 Å². The summed E-state index contributed by atoms with van der Waals surface area (Å²) in [5, 5.41) is 3.94. The molecular weight excluding hydrogens is 332 g/mol. The average Bonchev–Trinajstić information content (AvgIpc) is 3.21. The molecule has 0 saturated carbocycles. The first-order chi connectivity index (χ1) is 13.3. The van der Waals surface area contributed by atoms with E-state index in [1.807, 2.05) is 23.1 Å². The average molecular weight is 356 g/mol. The maximum Gasteiger partial charge on any atom is 0.209 e. The van der Waals surface area contributed by atoms with Gasteiger partial charge >= 0.3 is 0 Å². The van der Waals surface area contributed by atoms with Gasteiger partial charge in [-0.05, 0) is 23.1 Å². The molecule has 1 atom stereocenters. The van der Waals surface area contributed by atoms with Crippen LogP contribution in [0.5, 0.6) is 0 Å². The molecule has 3 aromatic rings. The summed E-state index contributed by atoms with van der Waals surface area (Å²) in [6.07, 6.45) is 1.91. The fourth-order valence-corrected chi connectivity index (χ4v) is 4.12. The van der Waals surface area contributed by atoms with Crippen molar-refractivity contribution in [1.82, 2.24) is 10.2 Å². The van der Waals surface area contributed by atoms with Gasteiger partial charge in [-0.15, -0.1) is 0 Å². The van der Waals surface area contributed by atoms with Gasteiger partial charge in [0.2, 0.25) is 6.41 Å². The van der Waals surface area contributed by atoms with Gasteiger partial charge in [0, 0.05) is 19.1 Å². The number of rotatable bonds is 6. The van der Waals surface area contributed by atoms with Crippen molar-refractivity contribution in [2.24, 2.45) is 0 Å². The molecule has 1 aliphatic heterocycles. The van der Waals surface area contributed by atoms with Gasteiger partial charge in [-0.1, -0.05) is 91.0 Å². The maximum absolute atomic E-state index is 11.2. The van der Waals surface area contributed by atoms with Gasteiger partial charge in [-0.25, -0.2) is 0 Å². The van der Waals surface area contributed by atoms with Crippen molar-refractivity contribution < 1.29 is 4.79 Å². The Kier molecular flexibility index (Phi) is 5.03. The van der Waals surface area contributed by atoms with Crippen LogP contribution in [0.15, 0.2) is 91.0 Å². The van der Waals surface area contributed by atoms with Crippen LogP contribution in [-0.2, 0) is 10.3 Å². The lowest BCUT2D eigenvalue weighted by molar-refractivity contribution is -0.117. The molecule has 27 heavy (non-hydrogen) atoms. The Morgan fingerprint density at radius 2 is 1.22 bits per heavy atom. The molecule has 0 aliphatic carbocycles. The number of carbonyl (C=O) groups excluding carboxylic acids is 1. The summed E-state index contributed by atoms with van der Waals surface area (Å²) in [4.78, 5) is 13.1. The van der Waals surface area contributed by atoms with E-state index in [1.54, 1.807) is 0 Å². The Bertz CT molecular complexity index is 768. The second-order valence-electron chi connectivity index (χ2n) is 7.08. The Balaban J connectivity index is 1.88. The van der Waals surface area contributed by atoms with E-state index in [2.05, 4.69) is 78.1 Å². The third-order valence-electron chi connectivity index (χ3n) is 5.41. The first-order valence-electron chi connectivity index (χ1n) is 9.46. The molecule has 0 bridgehead atoms. The zero-order chi connectivity index (χ0) is 18.5. The second kappa shape index (κ2) is 7.77. The van der Waals surface area contributed by atoms with Crippen molar-refractivity contribution in [3.8, 4) is 0 Å². The van der Waals surface area contributed by atoms with E-state index < -0.39 is 5.54 Å². The number of likely N-dealkylation sites (tertiary alicyclic amines) is 1. The largest absolute Gasteiger partial charge is 0.344 e. The molecule has 1 saturated heterocycles. The monoisotopic (exact) mass is 356 g/mol. The van der Waals surface area contributed by atoms with E-state index in [4.69, 9.17) is 0 Å².